The third kappa shape index (κ3) is 3.04. The lowest BCUT2D eigenvalue weighted by atomic mass is 9.93. The van der Waals surface area contributed by atoms with Gasteiger partial charge in [-0.2, -0.15) is 0 Å². The zero-order valence-corrected chi connectivity index (χ0v) is 9.88. The standard InChI is InChI=1S/C10H17ClN4/c1-3-10(4-2,7-12)13-9-6-5-8(11)14-15-9/h5-6H,3-4,7,12H2,1-2H3,(H,13,15). The van der Waals surface area contributed by atoms with Gasteiger partial charge in [-0.3, -0.25) is 0 Å². The molecule has 0 aliphatic carbocycles. The van der Waals surface area contributed by atoms with Gasteiger partial charge in [-0.05, 0) is 25.0 Å². The van der Waals surface area contributed by atoms with Crippen LogP contribution in [0.3, 0.4) is 0 Å². The van der Waals surface area contributed by atoms with Gasteiger partial charge < -0.3 is 11.1 Å². The van der Waals surface area contributed by atoms with Crippen molar-refractivity contribution in [3.8, 4) is 0 Å². The van der Waals surface area contributed by atoms with Crippen molar-refractivity contribution in [2.75, 3.05) is 11.9 Å². The van der Waals surface area contributed by atoms with Gasteiger partial charge in [-0.1, -0.05) is 25.4 Å². The summed E-state index contributed by atoms with van der Waals surface area (Å²) in [5.41, 5.74) is 5.68. The van der Waals surface area contributed by atoms with Crippen molar-refractivity contribution in [1.82, 2.24) is 10.2 Å². The maximum absolute atomic E-state index is 5.77. The van der Waals surface area contributed by atoms with Crippen LogP contribution in [-0.4, -0.2) is 22.3 Å². The van der Waals surface area contributed by atoms with Crippen LogP contribution < -0.4 is 11.1 Å². The van der Waals surface area contributed by atoms with Crippen molar-refractivity contribution in [3.63, 3.8) is 0 Å². The van der Waals surface area contributed by atoms with E-state index in [-0.39, 0.29) is 5.54 Å². The Labute approximate surface area is 95.2 Å². The number of hydrogen-bond donors (Lipinski definition) is 2. The molecule has 5 heteroatoms. The highest BCUT2D eigenvalue weighted by Gasteiger charge is 2.24. The first-order valence-electron chi connectivity index (χ1n) is 5.13. The summed E-state index contributed by atoms with van der Waals surface area (Å²) >= 11 is 5.66. The summed E-state index contributed by atoms with van der Waals surface area (Å²) in [6, 6.07) is 3.52. The minimum atomic E-state index is -0.0947. The average Bonchev–Trinajstić information content (AvgIpc) is 2.29. The molecule has 1 heterocycles. The minimum Gasteiger partial charge on any atom is -0.362 e. The minimum absolute atomic E-state index is 0.0947. The second-order valence-corrected chi connectivity index (χ2v) is 3.95. The van der Waals surface area contributed by atoms with Crippen molar-refractivity contribution < 1.29 is 0 Å². The molecule has 0 saturated heterocycles. The van der Waals surface area contributed by atoms with Gasteiger partial charge in [-0.25, -0.2) is 0 Å². The van der Waals surface area contributed by atoms with E-state index in [2.05, 4.69) is 29.4 Å². The van der Waals surface area contributed by atoms with E-state index in [0.717, 1.165) is 12.8 Å². The first-order valence-corrected chi connectivity index (χ1v) is 5.51. The highest BCUT2D eigenvalue weighted by atomic mass is 35.5. The number of hydrogen-bond acceptors (Lipinski definition) is 4. The van der Waals surface area contributed by atoms with Crippen molar-refractivity contribution in [1.29, 1.82) is 0 Å². The number of nitrogens with two attached hydrogens (primary N) is 1. The Balaban J connectivity index is 2.78. The van der Waals surface area contributed by atoms with Crippen LogP contribution in [0.2, 0.25) is 5.15 Å². The van der Waals surface area contributed by atoms with Crippen molar-refractivity contribution in [3.05, 3.63) is 17.3 Å². The van der Waals surface area contributed by atoms with E-state index in [1.54, 1.807) is 6.07 Å². The van der Waals surface area contributed by atoms with Crippen LogP contribution in [0.5, 0.6) is 0 Å². The Morgan fingerprint density at radius 3 is 2.40 bits per heavy atom. The van der Waals surface area contributed by atoms with Crippen LogP contribution in [0.4, 0.5) is 5.82 Å². The Kier molecular flexibility index (Phi) is 4.29. The van der Waals surface area contributed by atoms with Gasteiger partial charge in [0.15, 0.2) is 5.15 Å². The van der Waals surface area contributed by atoms with Gasteiger partial charge in [0.05, 0.1) is 5.54 Å². The van der Waals surface area contributed by atoms with Crippen LogP contribution in [0.25, 0.3) is 0 Å². The molecule has 3 N–H and O–H groups in total. The third-order valence-corrected chi connectivity index (χ3v) is 2.97. The third-order valence-electron chi connectivity index (χ3n) is 2.77. The van der Waals surface area contributed by atoms with Crippen molar-refractivity contribution in [2.45, 2.75) is 32.2 Å². The zero-order valence-electron chi connectivity index (χ0n) is 9.13. The van der Waals surface area contributed by atoms with E-state index in [4.69, 9.17) is 17.3 Å². The molecule has 0 bridgehead atoms. The second-order valence-electron chi connectivity index (χ2n) is 3.56. The lowest BCUT2D eigenvalue weighted by Crippen LogP contribution is -2.44. The van der Waals surface area contributed by atoms with E-state index in [1.807, 2.05) is 6.07 Å². The van der Waals surface area contributed by atoms with Crippen molar-refractivity contribution >= 4 is 17.4 Å². The van der Waals surface area contributed by atoms with Gasteiger partial charge in [-0.15, -0.1) is 10.2 Å². The number of halogens is 1. The molecule has 0 aliphatic heterocycles. The lowest BCUT2D eigenvalue weighted by Gasteiger charge is -2.31. The number of nitrogens with one attached hydrogen (secondary N) is 1. The van der Waals surface area contributed by atoms with Gasteiger partial charge in [0.25, 0.3) is 0 Å². The summed E-state index contributed by atoms with van der Waals surface area (Å²) < 4.78 is 0. The van der Waals surface area contributed by atoms with Gasteiger partial charge in [0, 0.05) is 6.54 Å². The van der Waals surface area contributed by atoms with E-state index in [0.29, 0.717) is 17.5 Å². The molecule has 1 rings (SSSR count). The lowest BCUT2D eigenvalue weighted by molar-refractivity contribution is 0.443. The SMILES string of the molecule is CCC(CC)(CN)Nc1ccc(Cl)nn1. The summed E-state index contributed by atoms with van der Waals surface area (Å²) in [6.45, 7) is 4.78. The number of rotatable bonds is 5. The van der Waals surface area contributed by atoms with Gasteiger partial charge >= 0.3 is 0 Å². The summed E-state index contributed by atoms with van der Waals surface area (Å²) in [5.74, 6) is 0.716. The highest BCUT2D eigenvalue weighted by Crippen LogP contribution is 2.19. The molecule has 0 aliphatic rings. The fourth-order valence-corrected chi connectivity index (χ4v) is 1.52. The molecular formula is C10H17ClN4. The molecule has 1 aromatic rings. The Morgan fingerprint density at radius 2 is 2.00 bits per heavy atom. The summed E-state index contributed by atoms with van der Waals surface area (Å²) in [4.78, 5) is 0. The van der Waals surface area contributed by atoms with E-state index >= 15 is 0 Å². The molecule has 0 fully saturated rings. The van der Waals surface area contributed by atoms with E-state index < -0.39 is 0 Å². The largest absolute Gasteiger partial charge is 0.362 e. The Bertz CT molecular complexity index is 287. The summed E-state index contributed by atoms with van der Waals surface area (Å²) in [6.07, 6.45) is 1.90. The number of nitrogens with zero attached hydrogens (tertiary/aromatic N) is 2. The summed E-state index contributed by atoms with van der Waals surface area (Å²) in [5, 5.41) is 11.4. The molecule has 4 nitrogen and oxygen atoms in total. The highest BCUT2D eigenvalue weighted by molar-refractivity contribution is 6.29. The van der Waals surface area contributed by atoms with Gasteiger partial charge in [0.1, 0.15) is 5.82 Å². The molecule has 0 radical (unpaired) electrons. The van der Waals surface area contributed by atoms with E-state index in [1.165, 1.54) is 0 Å². The monoisotopic (exact) mass is 228 g/mol. The molecule has 0 aromatic carbocycles. The summed E-state index contributed by atoms with van der Waals surface area (Å²) in [7, 11) is 0. The molecular weight excluding hydrogens is 212 g/mol. The smallest absolute Gasteiger partial charge is 0.151 e. The molecule has 0 amide bonds. The molecule has 1 aromatic heterocycles. The van der Waals surface area contributed by atoms with Crippen LogP contribution in [0.1, 0.15) is 26.7 Å². The van der Waals surface area contributed by atoms with Crippen LogP contribution >= 0.6 is 11.6 Å². The zero-order chi connectivity index (χ0) is 11.3. The Hall–Kier alpha value is -0.870. The fraction of sp³-hybridized carbons (Fsp3) is 0.600. The predicted octanol–water partition coefficient (Wildman–Crippen LogP) is 2.06. The predicted molar refractivity (Wildman–Crippen MR) is 63.0 cm³/mol. The molecule has 84 valence electrons. The molecule has 0 unspecified atom stereocenters. The maximum Gasteiger partial charge on any atom is 0.151 e. The normalized spacial score (nSPS) is 11.5. The van der Waals surface area contributed by atoms with Crippen molar-refractivity contribution in [2.24, 2.45) is 5.73 Å². The Morgan fingerprint density at radius 1 is 1.33 bits per heavy atom. The average molecular weight is 229 g/mol. The second kappa shape index (κ2) is 5.28. The first kappa shape index (κ1) is 12.2. The molecule has 0 spiro atoms. The van der Waals surface area contributed by atoms with Gasteiger partial charge in [0.2, 0.25) is 0 Å². The van der Waals surface area contributed by atoms with E-state index in [9.17, 15) is 0 Å². The molecule has 0 saturated carbocycles. The number of anilines is 1. The quantitative estimate of drug-likeness (QED) is 0.810. The maximum atomic E-state index is 5.77. The number of aromatic nitrogens is 2. The molecule has 0 atom stereocenters. The van der Waals surface area contributed by atoms with Crippen LogP contribution in [-0.2, 0) is 0 Å². The van der Waals surface area contributed by atoms with Crippen LogP contribution in [0, 0.1) is 0 Å². The topological polar surface area (TPSA) is 63.8 Å². The molecule has 15 heavy (non-hydrogen) atoms. The fourth-order valence-electron chi connectivity index (χ4n) is 1.42. The first-order chi connectivity index (χ1) is 7.15. The van der Waals surface area contributed by atoms with Crippen LogP contribution in [0.15, 0.2) is 12.1 Å².